The molecule has 2 rings (SSSR count). The van der Waals surface area contributed by atoms with Crippen LogP contribution in [0, 0.1) is 0 Å². The van der Waals surface area contributed by atoms with E-state index in [4.69, 9.17) is 23.4 Å². The van der Waals surface area contributed by atoms with Crippen molar-refractivity contribution in [2.24, 2.45) is 4.99 Å². The van der Waals surface area contributed by atoms with Gasteiger partial charge in [-0.15, -0.1) is 0 Å². The fraction of sp³-hybridized carbons (Fsp3) is 0.143. The van der Waals surface area contributed by atoms with Crippen LogP contribution in [-0.2, 0) is 0 Å². The van der Waals surface area contributed by atoms with E-state index in [0.29, 0.717) is 0 Å². The van der Waals surface area contributed by atoms with Gasteiger partial charge in [0.1, 0.15) is 5.69 Å². The van der Waals surface area contributed by atoms with Crippen LogP contribution in [0.25, 0.3) is 0 Å². The van der Waals surface area contributed by atoms with Crippen molar-refractivity contribution in [1.82, 2.24) is 4.98 Å². The number of hydrogen-bond acceptors (Lipinski definition) is 3. The molecular weight excluding hydrogens is 197 g/mol. The first-order valence-corrected chi connectivity index (χ1v) is 4.14. The molecule has 0 radical (unpaired) electrons. The highest BCUT2D eigenvalue weighted by Gasteiger charge is 2.19. The van der Waals surface area contributed by atoms with Gasteiger partial charge in [-0.25, -0.2) is 9.41 Å². The summed E-state index contributed by atoms with van der Waals surface area (Å²) in [4.78, 5) is 7.99. The Balaban J connectivity index is 2.52. The van der Waals surface area contributed by atoms with Gasteiger partial charge in [0.15, 0.2) is 0 Å². The lowest BCUT2D eigenvalue weighted by Crippen LogP contribution is -2.24. The summed E-state index contributed by atoms with van der Waals surface area (Å²) in [6, 6.07) is 3.65. The largest absolute Gasteiger partial charge is 0.253 e. The second kappa shape index (κ2) is 2.92. The summed E-state index contributed by atoms with van der Waals surface area (Å²) in [6.45, 7) is 0. The summed E-state index contributed by atoms with van der Waals surface area (Å²) < 4.78 is 1.35. The second-order valence-corrected chi connectivity index (χ2v) is 3.06. The van der Waals surface area contributed by atoms with Crippen LogP contribution in [0.4, 0.5) is 5.69 Å². The second-order valence-electron chi connectivity index (χ2n) is 2.31. The van der Waals surface area contributed by atoms with E-state index in [1.165, 1.54) is 4.42 Å². The number of fused-ring (bicyclic) bond motifs is 1. The van der Waals surface area contributed by atoms with E-state index in [1.54, 1.807) is 18.5 Å². The van der Waals surface area contributed by atoms with Crippen molar-refractivity contribution in [1.29, 1.82) is 0 Å². The van der Waals surface area contributed by atoms with Crippen molar-refractivity contribution in [3.63, 3.8) is 0 Å². The Morgan fingerprint density at radius 2 is 2.33 bits per heavy atom. The van der Waals surface area contributed by atoms with Gasteiger partial charge in [-0.1, -0.05) is 11.6 Å². The zero-order valence-corrected chi connectivity index (χ0v) is 7.50. The molecule has 3 nitrogen and oxygen atoms in total. The van der Waals surface area contributed by atoms with Gasteiger partial charge >= 0.3 is 0 Å². The van der Waals surface area contributed by atoms with Crippen molar-refractivity contribution in [3.8, 4) is 0 Å². The number of halogens is 2. The number of hydrogen-bond donors (Lipinski definition) is 0. The van der Waals surface area contributed by atoms with Crippen LogP contribution in [0.15, 0.2) is 23.3 Å². The summed E-state index contributed by atoms with van der Waals surface area (Å²) in [5, 5.41) is 0. The molecule has 0 aliphatic carbocycles. The molecule has 1 unspecified atom stereocenters. The van der Waals surface area contributed by atoms with Gasteiger partial charge in [-0.3, -0.25) is 4.98 Å². The summed E-state index contributed by atoms with van der Waals surface area (Å²) in [6.07, 6.45) is 3.30. The summed E-state index contributed by atoms with van der Waals surface area (Å²) in [5.74, 6) is 0. The van der Waals surface area contributed by atoms with Gasteiger partial charge in [0.2, 0.25) is 5.62 Å². The number of alkyl halides is 1. The molecule has 1 atom stereocenters. The maximum atomic E-state index is 5.85. The van der Waals surface area contributed by atoms with Crippen LogP contribution in [-0.4, -0.2) is 16.8 Å². The third kappa shape index (κ3) is 1.15. The molecule has 62 valence electrons. The van der Waals surface area contributed by atoms with E-state index in [1.807, 2.05) is 6.07 Å². The van der Waals surface area contributed by atoms with Crippen LogP contribution in [0.2, 0.25) is 0 Å². The zero-order chi connectivity index (χ0) is 8.55. The molecule has 0 saturated carbocycles. The Morgan fingerprint density at radius 3 is 3.17 bits per heavy atom. The maximum absolute atomic E-state index is 5.85. The van der Waals surface area contributed by atoms with Crippen LogP contribution < -0.4 is 4.42 Å². The first-order valence-electron chi connectivity index (χ1n) is 3.36. The molecule has 0 bridgehead atoms. The molecule has 2 heterocycles. The summed E-state index contributed by atoms with van der Waals surface area (Å²) >= 11 is 11.6. The van der Waals surface area contributed by atoms with E-state index in [2.05, 4.69) is 9.98 Å². The molecule has 0 N–H and O–H groups in total. The van der Waals surface area contributed by atoms with Crippen LogP contribution in [0.3, 0.4) is 0 Å². The quantitative estimate of drug-likeness (QED) is 0.365. The minimum atomic E-state index is -0.539. The molecule has 1 aromatic heterocycles. The number of aromatic nitrogens is 1. The molecule has 0 saturated heterocycles. The normalized spacial score (nSPS) is 20.8. The first-order chi connectivity index (χ1) is 5.79. The van der Waals surface area contributed by atoms with E-state index >= 15 is 0 Å². The molecule has 1 aliphatic rings. The predicted octanol–water partition coefficient (Wildman–Crippen LogP) is 2.00. The number of pyridine rings is 1. The fourth-order valence-electron chi connectivity index (χ4n) is 0.995. The number of aliphatic imine (C=N–C) groups is 1. The number of rotatable bonds is 0. The van der Waals surface area contributed by atoms with Gasteiger partial charge in [0.05, 0.1) is 11.9 Å². The molecule has 1 aliphatic heterocycles. The molecule has 0 spiro atoms. The molecule has 0 aromatic carbocycles. The van der Waals surface area contributed by atoms with Crippen LogP contribution in [0.1, 0.15) is 5.69 Å². The smallest absolute Gasteiger partial charge is 0.211 e. The first kappa shape index (κ1) is 7.83. The Bertz CT molecular complexity index is 326. The third-order valence-electron chi connectivity index (χ3n) is 1.55. The molecule has 12 heavy (non-hydrogen) atoms. The van der Waals surface area contributed by atoms with Gasteiger partial charge in [-0.05, 0) is 12.1 Å². The highest BCUT2D eigenvalue weighted by molar-refractivity contribution is 6.34. The highest BCUT2D eigenvalue weighted by atomic mass is 35.5. The molecule has 0 amide bonds. The van der Waals surface area contributed by atoms with Crippen molar-refractivity contribution in [3.05, 3.63) is 24.0 Å². The topological polar surface area (TPSA) is 28.5 Å². The lowest BCUT2D eigenvalue weighted by Gasteiger charge is -2.22. The van der Waals surface area contributed by atoms with Crippen molar-refractivity contribution in [2.45, 2.75) is 5.62 Å². The van der Waals surface area contributed by atoms with E-state index in [-0.39, 0.29) is 0 Å². The predicted molar refractivity (Wildman–Crippen MR) is 49.8 cm³/mol. The third-order valence-corrected chi connectivity index (χ3v) is 2.33. The Morgan fingerprint density at radius 1 is 1.50 bits per heavy atom. The minimum Gasteiger partial charge on any atom is -0.253 e. The van der Waals surface area contributed by atoms with Crippen LogP contribution in [0.5, 0.6) is 0 Å². The van der Waals surface area contributed by atoms with Gasteiger partial charge in [0.25, 0.3) is 0 Å². The van der Waals surface area contributed by atoms with E-state index in [9.17, 15) is 0 Å². The molecule has 0 fully saturated rings. The van der Waals surface area contributed by atoms with Gasteiger partial charge < -0.3 is 0 Å². The molecular formula is C7H5Cl2N3. The van der Waals surface area contributed by atoms with Crippen molar-refractivity contribution < 1.29 is 0 Å². The lowest BCUT2D eigenvalue weighted by atomic mass is 10.3. The Labute approximate surface area is 79.7 Å². The standard InChI is InChI=1S/C7H5Cl2N3/c8-7-11-4-5-6(12(7)9)2-1-3-10-5/h1-4,7H. The maximum Gasteiger partial charge on any atom is 0.211 e. The van der Waals surface area contributed by atoms with E-state index in [0.717, 1.165) is 11.4 Å². The Hall–Kier alpha value is -0.800. The van der Waals surface area contributed by atoms with Crippen LogP contribution >= 0.6 is 23.4 Å². The van der Waals surface area contributed by atoms with Crippen molar-refractivity contribution in [2.75, 3.05) is 4.42 Å². The van der Waals surface area contributed by atoms with Gasteiger partial charge in [0, 0.05) is 18.0 Å². The summed E-state index contributed by atoms with van der Waals surface area (Å²) in [5.41, 5.74) is 0.988. The lowest BCUT2D eigenvalue weighted by molar-refractivity contribution is 0.940. The molecule has 5 heteroatoms. The molecule has 1 aromatic rings. The van der Waals surface area contributed by atoms with E-state index < -0.39 is 5.62 Å². The SMILES string of the molecule is ClC1N=Cc2ncccc2N1Cl. The minimum absolute atomic E-state index is 0.539. The van der Waals surface area contributed by atoms with Crippen molar-refractivity contribution >= 4 is 35.3 Å². The Kier molecular flexibility index (Phi) is 1.90. The monoisotopic (exact) mass is 201 g/mol. The van der Waals surface area contributed by atoms with Gasteiger partial charge in [-0.2, -0.15) is 0 Å². The summed E-state index contributed by atoms with van der Waals surface area (Å²) in [7, 11) is 0. The highest BCUT2D eigenvalue weighted by Crippen LogP contribution is 2.27. The number of nitrogens with zero attached hydrogens (tertiary/aromatic N) is 3. The zero-order valence-electron chi connectivity index (χ0n) is 5.98. The average molecular weight is 202 g/mol. The number of anilines is 1. The average Bonchev–Trinajstić information content (AvgIpc) is 2.12. The fourth-order valence-corrected chi connectivity index (χ4v) is 1.35.